The molecule has 3 aromatic rings. The summed E-state index contributed by atoms with van der Waals surface area (Å²) in [5.74, 6) is 1.98. The van der Waals surface area contributed by atoms with Crippen LogP contribution in [0.15, 0.2) is 30.5 Å². The van der Waals surface area contributed by atoms with Crippen LogP contribution < -0.4 is 9.80 Å². The highest BCUT2D eigenvalue weighted by molar-refractivity contribution is 5.77. The molecule has 1 saturated heterocycles. The van der Waals surface area contributed by atoms with Crippen LogP contribution in [0.2, 0.25) is 0 Å². The molecule has 24 heavy (non-hydrogen) atoms. The molecular formula is C18H22N6. The van der Waals surface area contributed by atoms with Crippen molar-refractivity contribution in [3.8, 4) is 0 Å². The summed E-state index contributed by atoms with van der Waals surface area (Å²) in [6.07, 6.45) is 2.91. The molecular weight excluding hydrogens is 300 g/mol. The number of fused-ring (bicyclic) bond motifs is 1. The number of benzene rings is 1. The van der Waals surface area contributed by atoms with E-state index in [2.05, 4.69) is 25.8 Å². The third-order valence-corrected chi connectivity index (χ3v) is 4.52. The number of anilines is 2. The van der Waals surface area contributed by atoms with Crippen molar-refractivity contribution < 1.29 is 0 Å². The van der Waals surface area contributed by atoms with Crippen LogP contribution in [-0.4, -0.2) is 46.1 Å². The molecule has 0 aliphatic carbocycles. The minimum absolute atomic E-state index is 0.925. The van der Waals surface area contributed by atoms with E-state index in [1.54, 1.807) is 0 Å². The van der Waals surface area contributed by atoms with E-state index in [0.29, 0.717) is 0 Å². The fourth-order valence-corrected chi connectivity index (χ4v) is 3.25. The Kier molecular flexibility index (Phi) is 3.80. The summed E-state index contributed by atoms with van der Waals surface area (Å²) in [6.45, 7) is 7.87. The number of rotatable bonds is 2. The average Bonchev–Trinajstić information content (AvgIpc) is 2.87. The number of aromatic amines is 1. The molecule has 0 atom stereocenters. The van der Waals surface area contributed by atoms with Crippen LogP contribution >= 0.6 is 0 Å². The van der Waals surface area contributed by atoms with E-state index in [4.69, 9.17) is 9.97 Å². The number of aryl methyl sites for hydroxylation is 2. The van der Waals surface area contributed by atoms with Crippen molar-refractivity contribution in [2.24, 2.45) is 0 Å². The fourth-order valence-electron chi connectivity index (χ4n) is 3.25. The maximum absolute atomic E-state index is 4.73. The van der Waals surface area contributed by atoms with E-state index in [9.17, 15) is 0 Å². The van der Waals surface area contributed by atoms with Gasteiger partial charge in [-0.15, -0.1) is 0 Å². The zero-order valence-electron chi connectivity index (χ0n) is 14.2. The Bertz CT molecular complexity index is 823. The quantitative estimate of drug-likeness (QED) is 0.786. The van der Waals surface area contributed by atoms with E-state index in [1.165, 1.54) is 0 Å². The molecule has 3 heterocycles. The molecule has 0 unspecified atom stereocenters. The monoisotopic (exact) mass is 322 g/mol. The Morgan fingerprint density at radius 2 is 1.75 bits per heavy atom. The molecule has 1 aromatic carbocycles. The highest BCUT2D eigenvalue weighted by Crippen LogP contribution is 2.21. The zero-order chi connectivity index (χ0) is 16.5. The lowest BCUT2D eigenvalue weighted by atomic mass is 10.3. The van der Waals surface area contributed by atoms with Crippen LogP contribution in [0.3, 0.4) is 0 Å². The molecule has 6 nitrogen and oxygen atoms in total. The summed E-state index contributed by atoms with van der Waals surface area (Å²) in [5, 5.41) is 0. The first-order valence-corrected chi connectivity index (χ1v) is 8.45. The summed E-state index contributed by atoms with van der Waals surface area (Å²) < 4.78 is 0. The van der Waals surface area contributed by atoms with E-state index >= 15 is 0 Å². The van der Waals surface area contributed by atoms with E-state index in [-0.39, 0.29) is 0 Å². The second kappa shape index (κ2) is 6.11. The third-order valence-electron chi connectivity index (χ3n) is 4.52. The van der Waals surface area contributed by atoms with Crippen LogP contribution in [0.4, 0.5) is 11.8 Å². The average molecular weight is 322 g/mol. The van der Waals surface area contributed by atoms with Crippen LogP contribution in [0, 0.1) is 13.8 Å². The Balaban J connectivity index is 1.54. The minimum Gasteiger partial charge on any atom is -0.353 e. The molecule has 0 bridgehead atoms. The van der Waals surface area contributed by atoms with Crippen LogP contribution in [0.5, 0.6) is 0 Å². The fraction of sp³-hybridized carbons (Fsp3) is 0.389. The molecule has 0 amide bonds. The van der Waals surface area contributed by atoms with Gasteiger partial charge in [0.25, 0.3) is 0 Å². The molecule has 2 aromatic heterocycles. The molecule has 0 radical (unpaired) electrons. The van der Waals surface area contributed by atoms with Gasteiger partial charge in [-0.3, -0.25) is 4.98 Å². The van der Waals surface area contributed by atoms with Gasteiger partial charge in [-0.25, -0.2) is 9.97 Å². The molecule has 6 heteroatoms. The first-order valence-electron chi connectivity index (χ1n) is 8.45. The van der Waals surface area contributed by atoms with E-state index < -0.39 is 0 Å². The van der Waals surface area contributed by atoms with Crippen LogP contribution in [0.25, 0.3) is 11.0 Å². The van der Waals surface area contributed by atoms with Gasteiger partial charge in [-0.2, -0.15) is 0 Å². The molecule has 1 N–H and O–H groups in total. The largest absolute Gasteiger partial charge is 0.353 e. The van der Waals surface area contributed by atoms with E-state index in [1.807, 2.05) is 38.2 Å². The predicted octanol–water partition coefficient (Wildman–Crippen LogP) is 2.69. The third kappa shape index (κ3) is 2.79. The summed E-state index contributed by atoms with van der Waals surface area (Å²) in [5.41, 5.74) is 4.08. The van der Waals surface area contributed by atoms with Crippen molar-refractivity contribution in [3.05, 3.63) is 41.9 Å². The number of aromatic nitrogens is 4. The molecule has 0 saturated carbocycles. The molecule has 124 valence electrons. The lowest BCUT2D eigenvalue weighted by Crippen LogP contribution is -2.32. The summed E-state index contributed by atoms with van der Waals surface area (Å²) in [4.78, 5) is 22.0. The number of H-pyrrole nitrogens is 1. The van der Waals surface area contributed by atoms with Crippen LogP contribution in [0.1, 0.15) is 17.8 Å². The lowest BCUT2D eigenvalue weighted by Gasteiger charge is -2.23. The summed E-state index contributed by atoms with van der Waals surface area (Å²) in [6, 6.07) is 8.18. The van der Waals surface area contributed by atoms with E-state index in [0.717, 1.165) is 66.8 Å². The number of nitrogens with one attached hydrogen (secondary N) is 1. The molecule has 4 rings (SSSR count). The molecule has 0 spiro atoms. The van der Waals surface area contributed by atoms with Gasteiger partial charge in [0.05, 0.1) is 22.4 Å². The van der Waals surface area contributed by atoms with Gasteiger partial charge < -0.3 is 14.8 Å². The second-order valence-corrected chi connectivity index (χ2v) is 6.33. The van der Waals surface area contributed by atoms with Crippen LogP contribution in [-0.2, 0) is 0 Å². The minimum atomic E-state index is 0.925. The van der Waals surface area contributed by atoms with Crippen molar-refractivity contribution in [1.82, 2.24) is 19.9 Å². The highest BCUT2D eigenvalue weighted by Gasteiger charge is 2.20. The topological polar surface area (TPSA) is 60.9 Å². The first-order chi connectivity index (χ1) is 11.7. The Morgan fingerprint density at radius 1 is 0.958 bits per heavy atom. The van der Waals surface area contributed by atoms with Crippen molar-refractivity contribution in [2.75, 3.05) is 36.0 Å². The van der Waals surface area contributed by atoms with Crippen molar-refractivity contribution in [2.45, 2.75) is 20.3 Å². The summed E-state index contributed by atoms with van der Waals surface area (Å²) >= 11 is 0. The van der Waals surface area contributed by atoms with Gasteiger partial charge in [0.2, 0.25) is 5.95 Å². The van der Waals surface area contributed by atoms with Crippen molar-refractivity contribution in [1.29, 1.82) is 0 Å². The normalized spacial score (nSPS) is 15.8. The summed E-state index contributed by atoms with van der Waals surface area (Å²) in [7, 11) is 0. The number of hydrogen-bond donors (Lipinski definition) is 1. The Hall–Kier alpha value is -2.63. The number of nitrogens with zero attached hydrogens (tertiary/aromatic N) is 5. The smallest absolute Gasteiger partial charge is 0.203 e. The maximum Gasteiger partial charge on any atom is 0.203 e. The number of para-hydroxylation sites is 2. The predicted molar refractivity (Wildman–Crippen MR) is 96.6 cm³/mol. The number of imidazole rings is 1. The van der Waals surface area contributed by atoms with Gasteiger partial charge in [-0.05, 0) is 32.4 Å². The zero-order valence-corrected chi connectivity index (χ0v) is 14.2. The van der Waals surface area contributed by atoms with Crippen molar-refractivity contribution in [3.63, 3.8) is 0 Å². The first kappa shape index (κ1) is 14.9. The van der Waals surface area contributed by atoms with Gasteiger partial charge in [-0.1, -0.05) is 12.1 Å². The van der Waals surface area contributed by atoms with Gasteiger partial charge in [0, 0.05) is 32.4 Å². The number of hydrogen-bond acceptors (Lipinski definition) is 5. The van der Waals surface area contributed by atoms with Gasteiger partial charge >= 0.3 is 0 Å². The Morgan fingerprint density at radius 3 is 2.62 bits per heavy atom. The maximum atomic E-state index is 4.73. The standard InChI is InChI=1S/C18H22N6/c1-13-12-19-14(2)17(20-13)23-8-5-9-24(11-10-23)18-21-15-6-3-4-7-16(15)22-18/h3-4,6-7,12H,5,8-11H2,1-2H3,(H,21,22). The molecule has 1 aliphatic rings. The molecule has 1 fully saturated rings. The molecule has 1 aliphatic heterocycles. The van der Waals surface area contributed by atoms with Crippen molar-refractivity contribution >= 4 is 22.8 Å². The SMILES string of the molecule is Cc1cnc(C)c(N2CCCN(c3nc4ccccc4[nH]3)CC2)n1. The van der Waals surface area contributed by atoms with Gasteiger partial charge in [0.1, 0.15) is 5.82 Å². The highest BCUT2D eigenvalue weighted by atomic mass is 15.3. The second-order valence-electron chi connectivity index (χ2n) is 6.33. The lowest BCUT2D eigenvalue weighted by molar-refractivity contribution is 0.784. The van der Waals surface area contributed by atoms with Gasteiger partial charge in [0.15, 0.2) is 0 Å². The Labute approximate surface area is 141 Å².